The van der Waals surface area contributed by atoms with E-state index >= 15 is 0 Å². The molecule has 24 heavy (non-hydrogen) atoms. The molecular weight excluding hydrogens is 336 g/mol. The lowest BCUT2D eigenvalue weighted by atomic mass is 10.3. The molecule has 0 saturated carbocycles. The number of carbonyl (C=O) groups excluding carboxylic acids is 2. The predicted molar refractivity (Wildman–Crippen MR) is 85.7 cm³/mol. The van der Waals surface area contributed by atoms with E-state index in [4.69, 9.17) is 9.47 Å². The Morgan fingerprint density at radius 1 is 1.17 bits per heavy atom. The van der Waals surface area contributed by atoms with Crippen LogP contribution in [0.25, 0.3) is 0 Å². The van der Waals surface area contributed by atoms with Crippen molar-refractivity contribution in [1.29, 1.82) is 0 Å². The predicted octanol–water partition coefficient (Wildman–Crippen LogP) is 1.89. The fourth-order valence-electron chi connectivity index (χ4n) is 1.70. The van der Waals surface area contributed by atoms with Gasteiger partial charge < -0.3 is 14.8 Å². The average molecular weight is 350 g/mol. The van der Waals surface area contributed by atoms with Crippen molar-refractivity contribution >= 4 is 28.9 Å². The highest BCUT2D eigenvalue weighted by molar-refractivity contribution is 7.09. The van der Waals surface area contributed by atoms with Crippen LogP contribution < -0.4 is 10.1 Å². The maximum atomic E-state index is 11.5. The molecule has 0 atom stereocenters. The van der Waals surface area contributed by atoms with Gasteiger partial charge in [-0.1, -0.05) is 18.2 Å². The van der Waals surface area contributed by atoms with E-state index in [1.807, 2.05) is 17.5 Å². The van der Waals surface area contributed by atoms with Gasteiger partial charge in [0.05, 0.1) is 11.5 Å². The number of thiophene rings is 1. The van der Waals surface area contributed by atoms with Crippen molar-refractivity contribution in [3.8, 4) is 5.75 Å². The van der Waals surface area contributed by atoms with Gasteiger partial charge in [0, 0.05) is 10.9 Å². The van der Waals surface area contributed by atoms with Crippen molar-refractivity contribution in [1.82, 2.24) is 5.32 Å². The molecule has 0 aliphatic heterocycles. The quantitative estimate of drug-likeness (QED) is 0.442. The van der Waals surface area contributed by atoms with Crippen molar-refractivity contribution in [3.05, 3.63) is 56.8 Å². The van der Waals surface area contributed by atoms with Crippen LogP contribution in [0.2, 0.25) is 0 Å². The van der Waals surface area contributed by atoms with Crippen LogP contribution in [0.3, 0.4) is 0 Å². The van der Waals surface area contributed by atoms with Gasteiger partial charge in [-0.2, -0.15) is 0 Å². The van der Waals surface area contributed by atoms with Crippen molar-refractivity contribution < 1.29 is 24.0 Å². The molecule has 1 aromatic carbocycles. The minimum Gasteiger partial charge on any atom is -0.475 e. The molecule has 0 aliphatic rings. The van der Waals surface area contributed by atoms with Crippen molar-refractivity contribution in [3.63, 3.8) is 0 Å². The van der Waals surface area contributed by atoms with E-state index in [0.717, 1.165) is 4.88 Å². The van der Waals surface area contributed by atoms with E-state index in [2.05, 4.69) is 5.32 Å². The first kappa shape index (κ1) is 17.4. The van der Waals surface area contributed by atoms with Gasteiger partial charge >= 0.3 is 11.7 Å². The third-order valence-corrected chi connectivity index (χ3v) is 3.69. The molecule has 1 aromatic heterocycles. The standard InChI is InChI=1S/C15H14N2O6S/c18-14(16-8-11-4-3-7-24-11)9-23-15(19)10-22-13-6-2-1-5-12(13)17(20)21/h1-7H,8-10H2,(H,16,18). The number of nitrogens with one attached hydrogen (secondary N) is 1. The van der Waals surface area contributed by atoms with Crippen molar-refractivity contribution in [2.24, 2.45) is 0 Å². The number of hydrogen-bond donors (Lipinski definition) is 1. The first-order chi connectivity index (χ1) is 11.6. The van der Waals surface area contributed by atoms with Gasteiger partial charge in [0.15, 0.2) is 19.0 Å². The lowest BCUT2D eigenvalue weighted by Crippen LogP contribution is -2.29. The first-order valence-electron chi connectivity index (χ1n) is 6.87. The Morgan fingerprint density at radius 2 is 1.96 bits per heavy atom. The maximum Gasteiger partial charge on any atom is 0.344 e. The molecule has 0 spiro atoms. The zero-order valence-corrected chi connectivity index (χ0v) is 13.3. The highest BCUT2D eigenvalue weighted by Gasteiger charge is 2.15. The molecule has 1 heterocycles. The molecular formula is C15H14N2O6S. The number of carbonyl (C=O) groups is 2. The average Bonchev–Trinajstić information content (AvgIpc) is 3.10. The number of ether oxygens (including phenoxy) is 2. The minimum atomic E-state index is -0.792. The van der Waals surface area contributed by atoms with Gasteiger partial charge in [-0.15, -0.1) is 11.3 Å². The molecule has 1 amide bonds. The highest BCUT2D eigenvalue weighted by atomic mass is 32.1. The summed E-state index contributed by atoms with van der Waals surface area (Å²) in [5.74, 6) is -1.27. The number of nitro benzene ring substituents is 1. The van der Waals surface area contributed by atoms with Crippen molar-refractivity contribution in [2.75, 3.05) is 13.2 Å². The van der Waals surface area contributed by atoms with Crippen LogP contribution in [0.4, 0.5) is 5.69 Å². The molecule has 1 N–H and O–H groups in total. The van der Waals surface area contributed by atoms with Gasteiger partial charge in [-0.05, 0) is 17.5 Å². The summed E-state index contributed by atoms with van der Waals surface area (Å²) in [4.78, 5) is 34.3. The number of para-hydroxylation sites is 2. The van der Waals surface area contributed by atoms with Crippen LogP contribution in [0.15, 0.2) is 41.8 Å². The number of nitrogens with zero attached hydrogens (tertiary/aromatic N) is 1. The van der Waals surface area contributed by atoms with Crippen LogP contribution in [0, 0.1) is 10.1 Å². The summed E-state index contributed by atoms with van der Waals surface area (Å²) in [7, 11) is 0. The molecule has 126 valence electrons. The molecule has 0 unspecified atom stereocenters. The molecule has 0 fully saturated rings. The van der Waals surface area contributed by atoms with Gasteiger partial charge in [0.25, 0.3) is 5.91 Å². The molecule has 0 aliphatic carbocycles. The Bertz CT molecular complexity index is 717. The third-order valence-electron chi connectivity index (χ3n) is 2.81. The van der Waals surface area contributed by atoms with E-state index in [1.54, 1.807) is 6.07 Å². The van der Waals surface area contributed by atoms with E-state index in [-0.39, 0.29) is 11.4 Å². The second-order valence-corrected chi connectivity index (χ2v) is 5.56. The molecule has 0 bridgehead atoms. The van der Waals surface area contributed by atoms with Crippen LogP contribution >= 0.6 is 11.3 Å². The van der Waals surface area contributed by atoms with Crippen molar-refractivity contribution in [2.45, 2.75) is 6.54 Å². The second kappa shape index (κ2) is 8.63. The number of benzene rings is 1. The minimum absolute atomic E-state index is 0.0402. The SMILES string of the molecule is O=C(COC(=O)COc1ccccc1[N+](=O)[O-])NCc1cccs1. The topological polar surface area (TPSA) is 108 Å². The summed E-state index contributed by atoms with van der Waals surface area (Å²) in [6.45, 7) is -0.603. The van der Waals surface area contributed by atoms with Gasteiger partial charge in [-0.25, -0.2) is 4.79 Å². The fraction of sp³-hybridized carbons (Fsp3) is 0.200. The van der Waals surface area contributed by atoms with Crippen LogP contribution in [0.1, 0.15) is 4.88 Å². The fourth-order valence-corrected chi connectivity index (χ4v) is 2.35. The lowest BCUT2D eigenvalue weighted by Gasteiger charge is -2.07. The molecule has 0 saturated heterocycles. The van der Waals surface area contributed by atoms with E-state index in [9.17, 15) is 19.7 Å². The van der Waals surface area contributed by atoms with Crippen LogP contribution in [0.5, 0.6) is 5.75 Å². The normalized spacial score (nSPS) is 10.0. The summed E-state index contributed by atoms with van der Waals surface area (Å²) >= 11 is 1.50. The Balaban J connectivity index is 1.71. The number of nitro groups is 1. The molecule has 9 heteroatoms. The third kappa shape index (κ3) is 5.36. The van der Waals surface area contributed by atoms with Crippen LogP contribution in [-0.4, -0.2) is 30.0 Å². The number of amides is 1. The summed E-state index contributed by atoms with van der Waals surface area (Å²) in [6.07, 6.45) is 0. The molecule has 2 rings (SSSR count). The second-order valence-electron chi connectivity index (χ2n) is 4.53. The molecule has 0 radical (unpaired) electrons. The largest absolute Gasteiger partial charge is 0.475 e. The van der Waals surface area contributed by atoms with E-state index < -0.39 is 30.0 Å². The summed E-state index contributed by atoms with van der Waals surface area (Å²) in [5, 5.41) is 15.3. The Kier molecular flexibility index (Phi) is 6.26. The van der Waals surface area contributed by atoms with Gasteiger partial charge in [0.2, 0.25) is 0 Å². The molecule has 8 nitrogen and oxygen atoms in total. The van der Waals surface area contributed by atoms with Gasteiger partial charge in [0.1, 0.15) is 0 Å². The Labute approximate surface area is 141 Å². The highest BCUT2D eigenvalue weighted by Crippen LogP contribution is 2.25. The van der Waals surface area contributed by atoms with Crippen LogP contribution in [-0.2, 0) is 20.9 Å². The zero-order valence-electron chi connectivity index (χ0n) is 12.5. The number of hydrogen-bond acceptors (Lipinski definition) is 7. The van der Waals surface area contributed by atoms with Gasteiger partial charge in [-0.3, -0.25) is 14.9 Å². The number of rotatable bonds is 8. The monoisotopic (exact) mass is 350 g/mol. The summed E-state index contributed by atoms with van der Waals surface area (Å²) < 4.78 is 9.82. The maximum absolute atomic E-state index is 11.5. The first-order valence-corrected chi connectivity index (χ1v) is 7.75. The number of esters is 1. The summed E-state index contributed by atoms with van der Waals surface area (Å²) in [5.41, 5.74) is -0.251. The van der Waals surface area contributed by atoms with E-state index in [1.165, 1.54) is 29.5 Å². The van der Waals surface area contributed by atoms with E-state index in [0.29, 0.717) is 6.54 Å². The lowest BCUT2D eigenvalue weighted by molar-refractivity contribution is -0.385. The zero-order chi connectivity index (χ0) is 17.4. The Hall–Kier alpha value is -2.94. The molecule has 2 aromatic rings. The Morgan fingerprint density at radius 3 is 2.67 bits per heavy atom. The smallest absolute Gasteiger partial charge is 0.344 e. The summed E-state index contributed by atoms with van der Waals surface area (Å²) in [6, 6.07) is 9.41.